The van der Waals surface area contributed by atoms with E-state index in [9.17, 15) is 0 Å². The zero-order valence-electron chi connectivity index (χ0n) is 12.9. The van der Waals surface area contributed by atoms with E-state index in [0.717, 1.165) is 19.5 Å². The van der Waals surface area contributed by atoms with Gasteiger partial charge in [0.1, 0.15) is 0 Å². The summed E-state index contributed by atoms with van der Waals surface area (Å²) in [6.45, 7) is 6.71. The van der Waals surface area contributed by atoms with Crippen molar-refractivity contribution in [1.82, 2.24) is 15.1 Å². The number of nitrogens with zero attached hydrogens (tertiary/aromatic N) is 4. The lowest BCUT2D eigenvalue weighted by atomic mass is 10.1. The van der Waals surface area contributed by atoms with E-state index in [1.165, 1.54) is 11.3 Å². The van der Waals surface area contributed by atoms with Crippen molar-refractivity contribution >= 4 is 5.69 Å². The van der Waals surface area contributed by atoms with E-state index in [1.807, 2.05) is 6.92 Å². The summed E-state index contributed by atoms with van der Waals surface area (Å²) in [7, 11) is 2.17. The first-order chi connectivity index (χ1) is 10.2. The van der Waals surface area contributed by atoms with Crippen molar-refractivity contribution in [1.29, 1.82) is 0 Å². The van der Waals surface area contributed by atoms with Gasteiger partial charge >= 0.3 is 0 Å². The molecule has 2 heterocycles. The lowest BCUT2D eigenvalue weighted by molar-refractivity contribution is 0.164. The number of likely N-dealkylation sites (N-methyl/N-ethyl adjacent to an activating group) is 1. The van der Waals surface area contributed by atoms with E-state index in [0.29, 0.717) is 24.4 Å². The highest BCUT2D eigenvalue weighted by Crippen LogP contribution is 2.27. The van der Waals surface area contributed by atoms with E-state index in [4.69, 9.17) is 4.42 Å². The number of fused-ring (bicyclic) bond motifs is 1. The third-order valence-corrected chi connectivity index (χ3v) is 4.15. The standard InChI is InChI=1S/C16H22N4O/c1-4-14-10-19(3)15-8-6-5-7-13(15)9-20(14)11-16-18-17-12(2)21-16/h5-8,14H,4,9-11H2,1-3H3. The molecule has 21 heavy (non-hydrogen) atoms. The van der Waals surface area contributed by atoms with Gasteiger partial charge in [-0.3, -0.25) is 4.90 Å². The van der Waals surface area contributed by atoms with Crippen LogP contribution in [0.4, 0.5) is 5.69 Å². The molecule has 0 saturated heterocycles. The number of rotatable bonds is 3. The van der Waals surface area contributed by atoms with Crippen LogP contribution >= 0.6 is 0 Å². The topological polar surface area (TPSA) is 45.4 Å². The Kier molecular flexibility index (Phi) is 3.92. The molecular formula is C16H22N4O. The fourth-order valence-electron chi connectivity index (χ4n) is 3.04. The monoisotopic (exact) mass is 286 g/mol. The summed E-state index contributed by atoms with van der Waals surface area (Å²) in [6.07, 6.45) is 1.10. The van der Waals surface area contributed by atoms with Crippen molar-refractivity contribution in [3.63, 3.8) is 0 Å². The van der Waals surface area contributed by atoms with Gasteiger partial charge < -0.3 is 9.32 Å². The smallest absolute Gasteiger partial charge is 0.230 e. The second kappa shape index (κ2) is 5.85. The molecule has 5 nitrogen and oxygen atoms in total. The molecule has 1 atom stereocenters. The minimum Gasteiger partial charge on any atom is -0.424 e. The fraction of sp³-hybridized carbons (Fsp3) is 0.500. The lowest BCUT2D eigenvalue weighted by Crippen LogP contribution is -2.39. The maximum Gasteiger partial charge on any atom is 0.230 e. The Labute approximate surface area is 125 Å². The van der Waals surface area contributed by atoms with Gasteiger partial charge in [-0.1, -0.05) is 25.1 Å². The molecule has 0 spiro atoms. The zero-order valence-corrected chi connectivity index (χ0v) is 12.9. The van der Waals surface area contributed by atoms with E-state index in [1.54, 1.807) is 0 Å². The number of benzene rings is 1. The van der Waals surface area contributed by atoms with Crippen LogP contribution in [0.15, 0.2) is 28.7 Å². The van der Waals surface area contributed by atoms with Crippen molar-refractivity contribution in [2.75, 3.05) is 18.5 Å². The molecule has 0 fully saturated rings. The van der Waals surface area contributed by atoms with Gasteiger partial charge in [0.25, 0.3) is 0 Å². The van der Waals surface area contributed by atoms with Gasteiger partial charge in [-0.2, -0.15) is 0 Å². The van der Waals surface area contributed by atoms with E-state index < -0.39 is 0 Å². The molecule has 1 aliphatic heterocycles. The summed E-state index contributed by atoms with van der Waals surface area (Å²) in [4.78, 5) is 4.79. The molecule has 1 aliphatic rings. The number of hydrogen-bond acceptors (Lipinski definition) is 5. The zero-order chi connectivity index (χ0) is 14.8. The highest BCUT2D eigenvalue weighted by molar-refractivity contribution is 5.53. The SMILES string of the molecule is CCC1CN(C)c2ccccc2CN1Cc1nnc(C)o1. The molecule has 0 N–H and O–H groups in total. The minimum atomic E-state index is 0.481. The summed E-state index contributed by atoms with van der Waals surface area (Å²) in [5.41, 5.74) is 2.67. The molecule has 2 aromatic rings. The number of para-hydroxylation sites is 1. The largest absolute Gasteiger partial charge is 0.424 e. The van der Waals surface area contributed by atoms with Gasteiger partial charge in [-0.05, 0) is 18.1 Å². The molecule has 0 saturated carbocycles. The van der Waals surface area contributed by atoms with Gasteiger partial charge in [0.05, 0.1) is 6.54 Å². The quantitative estimate of drug-likeness (QED) is 0.868. The van der Waals surface area contributed by atoms with Crippen molar-refractivity contribution in [3.8, 4) is 0 Å². The first kappa shape index (κ1) is 14.1. The minimum absolute atomic E-state index is 0.481. The van der Waals surface area contributed by atoms with Gasteiger partial charge in [0.15, 0.2) is 0 Å². The van der Waals surface area contributed by atoms with Crippen LogP contribution in [-0.4, -0.2) is 34.7 Å². The van der Waals surface area contributed by atoms with Crippen LogP contribution in [0.3, 0.4) is 0 Å². The van der Waals surface area contributed by atoms with Crippen LogP contribution in [0.1, 0.15) is 30.7 Å². The van der Waals surface area contributed by atoms with E-state index >= 15 is 0 Å². The number of hydrogen-bond donors (Lipinski definition) is 0. The van der Waals surface area contributed by atoms with Crippen LogP contribution in [0, 0.1) is 6.92 Å². The predicted octanol–water partition coefficient (Wildman–Crippen LogP) is 2.61. The molecule has 112 valence electrons. The summed E-state index contributed by atoms with van der Waals surface area (Å²) in [5, 5.41) is 8.07. The first-order valence-corrected chi connectivity index (χ1v) is 7.49. The Hall–Kier alpha value is -1.88. The van der Waals surface area contributed by atoms with Crippen molar-refractivity contribution in [2.24, 2.45) is 0 Å². The first-order valence-electron chi connectivity index (χ1n) is 7.49. The van der Waals surface area contributed by atoms with E-state index in [-0.39, 0.29) is 0 Å². The molecule has 0 radical (unpaired) electrons. The predicted molar refractivity (Wildman–Crippen MR) is 82.1 cm³/mol. The van der Waals surface area contributed by atoms with Crippen molar-refractivity contribution < 1.29 is 4.42 Å². The Balaban J connectivity index is 1.87. The van der Waals surface area contributed by atoms with Crippen LogP contribution in [0.5, 0.6) is 0 Å². The Morgan fingerprint density at radius 2 is 2.10 bits per heavy atom. The lowest BCUT2D eigenvalue weighted by Gasteiger charge is -2.29. The van der Waals surface area contributed by atoms with Gasteiger partial charge in [-0.25, -0.2) is 0 Å². The third-order valence-electron chi connectivity index (χ3n) is 4.15. The average molecular weight is 286 g/mol. The van der Waals surface area contributed by atoms with Crippen LogP contribution in [0.2, 0.25) is 0 Å². The Morgan fingerprint density at radius 1 is 1.29 bits per heavy atom. The second-order valence-electron chi connectivity index (χ2n) is 5.69. The molecule has 1 aromatic carbocycles. The van der Waals surface area contributed by atoms with Crippen molar-refractivity contribution in [2.45, 2.75) is 39.4 Å². The van der Waals surface area contributed by atoms with Crippen LogP contribution in [-0.2, 0) is 13.1 Å². The number of anilines is 1. The summed E-state index contributed by atoms with van der Waals surface area (Å²) < 4.78 is 5.56. The molecule has 1 unspecified atom stereocenters. The van der Waals surface area contributed by atoms with E-state index in [2.05, 4.69) is 58.2 Å². The highest BCUT2D eigenvalue weighted by atomic mass is 16.4. The third kappa shape index (κ3) is 2.93. The molecular weight excluding hydrogens is 264 g/mol. The molecule has 5 heteroatoms. The molecule has 0 bridgehead atoms. The molecule has 1 aromatic heterocycles. The van der Waals surface area contributed by atoms with Gasteiger partial charge in [0.2, 0.25) is 11.8 Å². The Morgan fingerprint density at radius 3 is 2.81 bits per heavy atom. The van der Waals surface area contributed by atoms with Gasteiger partial charge in [0, 0.05) is 38.8 Å². The second-order valence-corrected chi connectivity index (χ2v) is 5.69. The number of aryl methyl sites for hydroxylation is 1. The summed E-state index contributed by atoms with van der Waals surface area (Å²) in [6, 6.07) is 9.09. The average Bonchev–Trinajstić information content (AvgIpc) is 2.83. The number of aromatic nitrogens is 2. The van der Waals surface area contributed by atoms with Gasteiger partial charge in [-0.15, -0.1) is 10.2 Å². The normalized spacial score (nSPS) is 19.4. The summed E-state index contributed by atoms with van der Waals surface area (Å²) in [5.74, 6) is 1.33. The van der Waals surface area contributed by atoms with Crippen LogP contribution in [0.25, 0.3) is 0 Å². The Bertz CT molecular complexity index is 610. The molecule has 0 aliphatic carbocycles. The van der Waals surface area contributed by atoms with Crippen LogP contribution < -0.4 is 4.90 Å². The fourth-order valence-corrected chi connectivity index (χ4v) is 3.04. The highest BCUT2D eigenvalue weighted by Gasteiger charge is 2.26. The summed E-state index contributed by atoms with van der Waals surface area (Å²) >= 11 is 0. The molecule has 0 amide bonds. The molecule has 3 rings (SSSR count). The maximum absolute atomic E-state index is 5.56. The maximum atomic E-state index is 5.56. The van der Waals surface area contributed by atoms with Crippen molar-refractivity contribution in [3.05, 3.63) is 41.6 Å².